The van der Waals surface area contributed by atoms with Crippen LogP contribution in [0.3, 0.4) is 0 Å². The van der Waals surface area contributed by atoms with E-state index >= 15 is 0 Å². The number of fused-ring (bicyclic) bond motifs is 1. The van der Waals surface area contributed by atoms with Crippen LogP contribution in [0.25, 0.3) is 0 Å². The molecule has 2 aliphatic heterocycles. The van der Waals surface area contributed by atoms with Crippen molar-refractivity contribution in [2.45, 2.75) is 13.0 Å². The number of morpholine rings is 1. The summed E-state index contributed by atoms with van der Waals surface area (Å²) in [6.07, 6.45) is 0.819. The standard InChI is InChI=1S/C23H24FN3O4.ClH/c24-18-5-2-16(3-6-18)15-27-22(29)19-7-4-17(14-20(19)23(27)30)21(28)25-8-1-9-26-10-12-31-13-11-26;/h2-7,14H,1,8-13,15H2,(H,25,28);1H. The van der Waals surface area contributed by atoms with Crippen molar-refractivity contribution < 1.29 is 23.5 Å². The number of hydrogen-bond donors (Lipinski definition) is 1. The Morgan fingerprint density at radius 3 is 2.41 bits per heavy atom. The molecule has 2 aromatic rings. The molecule has 4 rings (SSSR count). The van der Waals surface area contributed by atoms with E-state index in [-0.39, 0.29) is 41.8 Å². The van der Waals surface area contributed by atoms with Gasteiger partial charge in [-0.15, -0.1) is 12.4 Å². The minimum Gasteiger partial charge on any atom is -0.379 e. The normalized spacial score (nSPS) is 16.0. The first-order valence-electron chi connectivity index (χ1n) is 10.4. The van der Waals surface area contributed by atoms with E-state index in [0.29, 0.717) is 17.7 Å². The average molecular weight is 462 g/mol. The number of rotatable bonds is 7. The Morgan fingerprint density at radius 1 is 1.00 bits per heavy atom. The highest BCUT2D eigenvalue weighted by Gasteiger charge is 2.36. The van der Waals surface area contributed by atoms with Crippen molar-refractivity contribution in [1.82, 2.24) is 15.1 Å². The maximum Gasteiger partial charge on any atom is 0.261 e. The molecule has 1 fully saturated rings. The van der Waals surface area contributed by atoms with E-state index in [1.54, 1.807) is 6.07 Å². The molecule has 7 nitrogen and oxygen atoms in total. The largest absolute Gasteiger partial charge is 0.379 e. The molecule has 0 spiro atoms. The molecule has 1 saturated heterocycles. The average Bonchev–Trinajstić information content (AvgIpc) is 3.03. The number of ether oxygens (including phenoxy) is 1. The second kappa shape index (κ2) is 10.7. The summed E-state index contributed by atoms with van der Waals surface area (Å²) >= 11 is 0. The van der Waals surface area contributed by atoms with E-state index in [0.717, 1.165) is 44.2 Å². The zero-order chi connectivity index (χ0) is 21.8. The Labute approximate surface area is 191 Å². The lowest BCUT2D eigenvalue weighted by Crippen LogP contribution is -2.38. The van der Waals surface area contributed by atoms with Crippen LogP contribution in [0, 0.1) is 5.82 Å². The molecule has 0 atom stereocenters. The van der Waals surface area contributed by atoms with Gasteiger partial charge in [0.25, 0.3) is 17.7 Å². The van der Waals surface area contributed by atoms with Crippen molar-refractivity contribution in [1.29, 1.82) is 0 Å². The number of carbonyl (C=O) groups excluding carboxylic acids is 3. The molecule has 1 N–H and O–H groups in total. The van der Waals surface area contributed by atoms with E-state index in [2.05, 4.69) is 10.2 Å². The number of nitrogens with one attached hydrogen (secondary N) is 1. The summed E-state index contributed by atoms with van der Waals surface area (Å²) in [5.41, 5.74) is 1.48. The van der Waals surface area contributed by atoms with Gasteiger partial charge in [-0.2, -0.15) is 0 Å². The Hall–Kier alpha value is -2.81. The first-order chi connectivity index (χ1) is 15.0. The third-order valence-corrected chi connectivity index (χ3v) is 5.53. The van der Waals surface area contributed by atoms with Gasteiger partial charge in [-0.25, -0.2) is 4.39 Å². The van der Waals surface area contributed by atoms with Crippen molar-refractivity contribution in [3.63, 3.8) is 0 Å². The summed E-state index contributed by atoms with van der Waals surface area (Å²) in [6, 6.07) is 10.2. The molecule has 0 aromatic heterocycles. The van der Waals surface area contributed by atoms with E-state index < -0.39 is 11.8 Å². The van der Waals surface area contributed by atoms with Crippen molar-refractivity contribution in [2.75, 3.05) is 39.4 Å². The van der Waals surface area contributed by atoms with Gasteiger partial charge in [0.2, 0.25) is 0 Å². The van der Waals surface area contributed by atoms with Crippen LogP contribution >= 0.6 is 12.4 Å². The number of nitrogens with zero attached hydrogens (tertiary/aromatic N) is 2. The van der Waals surface area contributed by atoms with Crippen molar-refractivity contribution in [3.8, 4) is 0 Å². The number of imide groups is 1. The van der Waals surface area contributed by atoms with E-state index in [4.69, 9.17) is 4.74 Å². The SMILES string of the molecule is Cl.O=C(NCCCN1CCOCC1)c1ccc2c(c1)C(=O)N(Cc1ccc(F)cc1)C2=O. The summed E-state index contributed by atoms with van der Waals surface area (Å²) in [6.45, 7) is 4.76. The van der Waals surface area contributed by atoms with E-state index in [9.17, 15) is 18.8 Å². The second-order valence-electron chi connectivity index (χ2n) is 7.65. The zero-order valence-corrected chi connectivity index (χ0v) is 18.3. The van der Waals surface area contributed by atoms with Gasteiger partial charge in [-0.05, 0) is 48.9 Å². The van der Waals surface area contributed by atoms with Gasteiger partial charge >= 0.3 is 0 Å². The Kier molecular flexibility index (Phi) is 7.95. The fourth-order valence-electron chi connectivity index (χ4n) is 3.78. The fourth-order valence-corrected chi connectivity index (χ4v) is 3.78. The number of benzene rings is 2. The first-order valence-corrected chi connectivity index (χ1v) is 10.4. The highest BCUT2D eigenvalue weighted by Crippen LogP contribution is 2.25. The smallest absolute Gasteiger partial charge is 0.261 e. The van der Waals surface area contributed by atoms with E-state index in [1.807, 2.05) is 0 Å². The van der Waals surface area contributed by atoms with Crippen LogP contribution < -0.4 is 5.32 Å². The number of halogens is 2. The number of carbonyl (C=O) groups is 3. The first kappa shape index (κ1) is 23.8. The minimum atomic E-state index is -0.453. The lowest BCUT2D eigenvalue weighted by atomic mass is 10.1. The number of amides is 3. The second-order valence-corrected chi connectivity index (χ2v) is 7.65. The third-order valence-electron chi connectivity index (χ3n) is 5.53. The minimum absolute atomic E-state index is 0. The summed E-state index contributed by atoms with van der Waals surface area (Å²) in [5.74, 6) is -1.53. The van der Waals surface area contributed by atoms with Crippen molar-refractivity contribution in [2.24, 2.45) is 0 Å². The summed E-state index contributed by atoms with van der Waals surface area (Å²) in [7, 11) is 0. The van der Waals surface area contributed by atoms with Crippen LogP contribution in [-0.4, -0.2) is 66.9 Å². The van der Waals surface area contributed by atoms with Gasteiger partial charge < -0.3 is 10.1 Å². The summed E-state index contributed by atoms with van der Waals surface area (Å²) in [5, 5.41) is 2.87. The zero-order valence-electron chi connectivity index (χ0n) is 17.5. The van der Waals surface area contributed by atoms with Crippen molar-refractivity contribution >= 4 is 30.1 Å². The molecule has 0 unspecified atom stereocenters. The molecule has 0 saturated carbocycles. The lowest BCUT2D eigenvalue weighted by molar-refractivity contribution is 0.0374. The lowest BCUT2D eigenvalue weighted by Gasteiger charge is -2.26. The predicted molar refractivity (Wildman–Crippen MR) is 119 cm³/mol. The summed E-state index contributed by atoms with van der Waals surface area (Å²) in [4.78, 5) is 41.3. The molecule has 32 heavy (non-hydrogen) atoms. The van der Waals surface area contributed by atoms with Crippen molar-refractivity contribution in [3.05, 3.63) is 70.5 Å². The van der Waals surface area contributed by atoms with Crippen LogP contribution in [0.1, 0.15) is 43.1 Å². The maximum absolute atomic E-state index is 13.1. The van der Waals surface area contributed by atoms with Gasteiger partial charge in [0.1, 0.15) is 5.82 Å². The number of hydrogen-bond acceptors (Lipinski definition) is 5. The Balaban J connectivity index is 0.00000289. The molecule has 2 aliphatic rings. The van der Waals surface area contributed by atoms with Crippen LogP contribution in [0.4, 0.5) is 4.39 Å². The predicted octanol–water partition coefficient (Wildman–Crippen LogP) is 2.50. The molecule has 9 heteroatoms. The van der Waals surface area contributed by atoms with Crippen LogP contribution in [0.5, 0.6) is 0 Å². The highest BCUT2D eigenvalue weighted by atomic mass is 35.5. The van der Waals surface area contributed by atoms with Crippen LogP contribution in [0.2, 0.25) is 0 Å². The van der Waals surface area contributed by atoms with Gasteiger partial charge in [0.15, 0.2) is 0 Å². The van der Waals surface area contributed by atoms with Crippen LogP contribution in [-0.2, 0) is 11.3 Å². The molecule has 2 aromatic carbocycles. The third kappa shape index (κ3) is 5.32. The van der Waals surface area contributed by atoms with Gasteiger partial charge in [-0.3, -0.25) is 24.2 Å². The summed E-state index contributed by atoms with van der Waals surface area (Å²) < 4.78 is 18.4. The van der Waals surface area contributed by atoms with Gasteiger partial charge in [-0.1, -0.05) is 12.1 Å². The molecule has 2 heterocycles. The molecular weight excluding hydrogens is 437 g/mol. The molecule has 0 bridgehead atoms. The molecule has 0 aliphatic carbocycles. The van der Waals surface area contributed by atoms with Gasteiger partial charge in [0.05, 0.1) is 30.9 Å². The van der Waals surface area contributed by atoms with E-state index in [1.165, 1.54) is 36.4 Å². The highest BCUT2D eigenvalue weighted by molar-refractivity contribution is 6.22. The molecular formula is C23H25ClFN3O4. The Bertz CT molecular complexity index is 993. The molecule has 0 radical (unpaired) electrons. The maximum atomic E-state index is 13.1. The molecule has 3 amide bonds. The van der Waals surface area contributed by atoms with Gasteiger partial charge in [0, 0.05) is 25.2 Å². The van der Waals surface area contributed by atoms with Crippen LogP contribution in [0.15, 0.2) is 42.5 Å². The fraction of sp³-hybridized carbons (Fsp3) is 0.348. The Morgan fingerprint density at radius 2 is 1.69 bits per heavy atom. The molecule has 170 valence electrons. The topological polar surface area (TPSA) is 79.0 Å². The quantitative estimate of drug-likeness (QED) is 0.506. The monoisotopic (exact) mass is 461 g/mol.